The van der Waals surface area contributed by atoms with Crippen LogP contribution in [-0.4, -0.2) is 9.55 Å². The molecule has 0 atom stereocenters. The Balaban J connectivity index is 1.98. The van der Waals surface area contributed by atoms with Crippen LogP contribution in [-0.2, 0) is 5.75 Å². The van der Waals surface area contributed by atoms with Crippen LogP contribution in [0.25, 0.3) is 11.0 Å². The molecule has 1 heterocycles. The van der Waals surface area contributed by atoms with E-state index in [1.807, 2.05) is 18.2 Å². The zero-order valence-corrected chi connectivity index (χ0v) is 15.0. The van der Waals surface area contributed by atoms with Gasteiger partial charge in [-0.25, -0.2) is 9.37 Å². The van der Waals surface area contributed by atoms with Crippen molar-refractivity contribution in [3.05, 3.63) is 57.8 Å². The number of hydrogen-bond acceptors (Lipinski definition) is 2. The summed E-state index contributed by atoms with van der Waals surface area (Å²) in [6, 6.07) is 10.6. The van der Waals surface area contributed by atoms with E-state index in [2.05, 4.69) is 23.4 Å². The minimum Gasteiger partial charge on any atom is -0.316 e. The fourth-order valence-corrected chi connectivity index (χ4v) is 4.11. The lowest BCUT2D eigenvalue weighted by atomic mass is 10.2. The molecule has 0 radical (unpaired) electrons. The van der Waals surface area contributed by atoms with Crippen LogP contribution in [0.5, 0.6) is 0 Å². The van der Waals surface area contributed by atoms with Crippen LogP contribution in [0.1, 0.15) is 25.5 Å². The van der Waals surface area contributed by atoms with Crippen molar-refractivity contribution in [1.29, 1.82) is 0 Å². The van der Waals surface area contributed by atoms with Crippen molar-refractivity contribution < 1.29 is 4.39 Å². The molecule has 0 bridgehead atoms. The number of benzene rings is 2. The monoisotopic (exact) mass is 368 g/mol. The number of imidazole rings is 1. The minimum atomic E-state index is -0.291. The fraction of sp³-hybridized carbons (Fsp3) is 0.235. The van der Waals surface area contributed by atoms with Crippen LogP contribution in [0, 0.1) is 5.82 Å². The molecule has 0 saturated carbocycles. The van der Waals surface area contributed by atoms with Crippen molar-refractivity contribution in [2.45, 2.75) is 30.8 Å². The molecule has 2 nitrogen and oxygen atoms in total. The first-order valence-electron chi connectivity index (χ1n) is 7.20. The fourth-order valence-electron chi connectivity index (χ4n) is 2.46. The maximum atomic E-state index is 13.9. The van der Waals surface area contributed by atoms with Crippen molar-refractivity contribution in [3.63, 3.8) is 0 Å². The number of nitrogens with zero attached hydrogens (tertiary/aromatic N) is 2. The van der Waals surface area contributed by atoms with E-state index >= 15 is 0 Å². The second kappa shape index (κ2) is 6.71. The summed E-state index contributed by atoms with van der Waals surface area (Å²) >= 11 is 13.6. The highest BCUT2D eigenvalue weighted by Crippen LogP contribution is 2.33. The van der Waals surface area contributed by atoms with Crippen molar-refractivity contribution >= 4 is 46.0 Å². The highest BCUT2D eigenvalue weighted by molar-refractivity contribution is 7.98. The van der Waals surface area contributed by atoms with Gasteiger partial charge in [0.2, 0.25) is 0 Å². The maximum absolute atomic E-state index is 13.9. The summed E-state index contributed by atoms with van der Waals surface area (Å²) in [5.74, 6) is 0.134. The molecule has 3 rings (SSSR count). The summed E-state index contributed by atoms with van der Waals surface area (Å²) in [5.41, 5.74) is 2.36. The topological polar surface area (TPSA) is 17.8 Å². The first-order valence-corrected chi connectivity index (χ1v) is 8.94. The minimum absolute atomic E-state index is 0.236. The Morgan fingerprint density at radius 3 is 2.70 bits per heavy atom. The average Bonchev–Trinajstić information content (AvgIpc) is 2.84. The summed E-state index contributed by atoms with van der Waals surface area (Å²) in [5, 5.41) is 1.92. The Morgan fingerprint density at radius 1 is 1.22 bits per heavy atom. The summed E-state index contributed by atoms with van der Waals surface area (Å²) in [6.45, 7) is 4.19. The van der Waals surface area contributed by atoms with Gasteiger partial charge in [-0.05, 0) is 44.2 Å². The van der Waals surface area contributed by atoms with Gasteiger partial charge in [0.15, 0.2) is 5.16 Å². The van der Waals surface area contributed by atoms with E-state index in [-0.39, 0.29) is 11.9 Å². The molecular formula is C17H15Cl2FN2S. The van der Waals surface area contributed by atoms with Gasteiger partial charge in [0.25, 0.3) is 0 Å². The van der Waals surface area contributed by atoms with E-state index in [0.717, 1.165) is 16.2 Å². The van der Waals surface area contributed by atoms with Gasteiger partial charge in [0, 0.05) is 27.4 Å². The van der Waals surface area contributed by atoms with Crippen molar-refractivity contribution in [3.8, 4) is 0 Å². The lowest BCUT2D eigenvalue weighted by Gasteiger charge is -2.13. The molecular weight excluding hydrogens is 354 g/mol. The van der Waals surface area contributed by atoms with Crippen LogP contribution in [0.15, 0.2) is 41.6 Å². The van der Waals surface area contributed by atoms with Crippen LogP contribution in [0.2, 0.25) is 10.0 Å². The molecule has 0 amide bonds. The SMILES string of the molecule is CC(C)n1c(SCc2c(F)cccc2Cl)nc2cc(Cl)ccc21. The van der Waals surface area contributed by atoms with Gasteiger partial charge in [0.1, 0.15) is 5.82 Å². The molecule has 0 aliphatic carbocycles. The van der Waals surface area contributed by atoms with Gasteiger partial charge < -0.3 is 4.57 Å². The van der Waals surface area contributed by atoms with Crippen molar-refractivity contribution in [1.82, 2.24) is 9.55 Å². The first-order chi connectivity index (χ1) is 11.0. The van der Waals surface area contributed by atoms with Crippen LogP contribution >= 0.6 is 35.0 Å². The van der Waals surface area contributed by atoms with E-state index < -0.39 is 0 Å². The summed E-state index contributed by atoms with van der Waals surface area (Å²) < 4.78 is 16.1. The molecule has 0 fully saturated rings. The molecule has 0 spiro atoms. The molecule has 0 aliphatic rings. The van der Waals surface area contributed by atoms with Gasteiger partial charge in [-0.15, -0.1) is 0 Å². The molecule has 0 aliphatic heterocycles. The zero-order valence-electron chi connectivity index (χ0n) is 12.7. The third kappa shape index (κ3) is 3.35. The van der Waals surface area contributed by atoms with Crippen molar-refractivity contribution in [2.75, 3.05) is 0 Å². The van der Waals surface area contributed by atoms with E-state index in [4.69, 9.17) is 23.2 Å². The number of hydrogen-bond donors (Lipinski definition) is 0. The number of aromatic nitrogens is 2. The molecule has 1 aromatic heterocycles. The molecule has 0 unspecified atom stereocenters. The predicted molar refractivity (Wildman–Crippen MR) is 96.1 cm³/mol. The second-order valence-corrected chi connectivity index (χ2v) is 7.27. The molecule has 0 saturated heterocycles. The molecule has 23 heavy (non-hydrogen) atoms. The molecule has 2 aromatic carbocycles. The Kier molecular flexibility index (Phi) is 4.85. The normalized spacial score (nSPS) is 11.6. The van der Waals surface area contributed by atoms with Gasteiger partial charge in [-0.3, -0.25) is 0 Å². The van der Waals surface area contributed by atoms with E-state index in [9.17, 15) is 4.39 Å². The van der Waals surface area contributed by atoms with Gasteiger partial charge in [0.05, 0.1) is 11.0 Å². The van der Waals surface area contributed by atoms with E-state index in [1.165, 1.54) is 17.8 Å². The summed E-state index contributed by atoms with van der Waals surface area (Å²) in [7, 11) is 0. The van der Waals surface area contributed by atoms with Gasteiger partial charge in [-0.2, -0.15) is 0 Å². The Hall–Kier alpha value is -1.23. The Labute approximate surface area is 148 Å². The van der Waals surface area contributed by atoms with E-state index in [0.29, 0.717) is 21.4 Å². The third-order valence-corrected chi connectivity index (χ3v) is 5.11. The summed E-state index contributed by atoms with van der Waals surface area (Å²) in [4.78, 5) is 4.65. The number of halogens is 3. The zero-order chi connectivity index (χ0) is 16.6. The quantitative estimate of drug-likeness (QED) is 0.498. The molecule has 120 valence electrons. The third-order valence-electron chi connectivity index (χ3n) is 3.54. The smallest absolute Gasteiger partial charge is 0.169 e. The second-order valence-electron chi connectivity index (χ2n) is 5.48. The van der Waals surface area contributed by atoms with Crippen LogP contribution < -0.4 is 0 Å². The molecule has 3 aromatic rings. The highest BCUT2D eigenvalue weighted by Gasteiger charge is 2.16. The average molecular weight is 369 g/mol. The largest absolute Gasteiger partial charge is 0.316 e. The van der Waals surface area contributed by atoms with Crippen molar-refractivity contribution in [2.24, 2.45) is 0 Å². The standard InChI is InChI=1S/C17H15Cl2FN2S/c1-10(2)22-16-7-6-11(18)8-15(16)21-17(22)23-9-12-13(19)4-3-5-14(12)20/h3-8,10H,9H2,1-2H3. The van der Waals surface area contributed by atoms with Gasteiger partial charge in [-0.1, -0.05) is 41.0 Å². The number of rotatable bonds is 4. The summed E-state index contributed by atoms with van der Waals surface area (Å²) in [6.07, 6.45) is 0. The molecule has 6 heteroatoms. The highest BCUT2D eigenvalue weighted by atomic mass is 35.5. The molecule has 0 N–H and O–H groups in total. The maximum Gasteiger partial charge on any atom is 0.169 e. The lowest BCUT2D eigenvalue weighted by molar-refractivity contribution is 0.566. The number of thioether (sulfide) groups is 1. The Bertz CT molecular complexity index is 841. The van der Waals surface area contributed by atoms with Crippen LogP contribution in [0.3, 0.4) is 0 Å². The first kappa shape index (κ1) is 16.6. The Morgan fingerprint density at radius 2 is 2.00 bits per heavy atom. The van der Waals surface area contributed by atoms with E-state index in [1.54, 1.807) is 12.1 Å². The lowest BCUT2D eigenvalue weighted by Crippen LogP contribution is -2.02. The van der Waals surface area contributed by atoms with Crippen LogP contribution in [0.4, 0.5) is 4.39 Å². The predicted octanol–water partition coefficient (Wildman–Crippen LogP) is 6.36. The number of fused-ring (bicyclic) bond motifs is 1. The van der Waals surface area contributed by atoms with Gasteiger partial charge >= 0.3 is 0 Å².